The maximum atomic E-state index is 12.4. The molecule has 0 atom stereocenters. The van der Waals surface area contributed by atoms with E-state index >= 15 is 0 Å². The molecule has 3 aromatic rings. The Bertz CT molecular complexity index is 1290. The number of nitrogens with zero attached hydrogens (tertiary/aromatic N) is 1. The Hall–Kier alpha value is -3.34. The van der Waals surface area contributed by atoms with E-state index in [1.54, 1.807) is 30.3 Å². The molecular formula is C22H21ClN2O7S. The van der Waals surface area contributed by atoms with Crippen molar-refractivity contribution in [2.75, 3.05) is 33.1 Å². The molecule has 9 nitrogen and oxygen atoms in total. The maximum absolute atomic E-state index is 12.4. The number of methoxy groups -OCH3 is 1. The Balaban J connectivity index is 1.67. The van der Waals surface area contributed by atoms with Crippen LogP contribution in [0.2, 0.25) is 5.02 Å². The molecule has 0 spiro atoms. The molecule has 0 saturated carbocycles. The number of rotatable bonds is 8. The summed E-state index contributed by atoms with van der Waals surface area (Å²) in [5.41, 5.74) is 0.719. The second-order valence-corrected chi connectivity index (χ2v) is 9.48. The van der Waals surface area contributed by atoms with Crippen LogP contribution in [0.4, 0.5) is 5.69 Å². The van der Waals surface area contributed by atoms with Crippen molar-refractivity contribution in [3.8, 4) is 17.1 Å². The first-order chi connectivity index (χ1) is 15.6. The van der Waals surface area contributed by atoms with Crippen molar-refractivity contribution in [1.82, 2.24) is 4.31 Å². The standard InChI is InChI=1S/C22H21ClN2O7S/c1-25(2)33(28,29)14-8-9-19(30-3)17(12-14)24-21(26)13-31-22(27)20-11-10-18(32-20)15-6-4-5-7-16(15)23/h4-12H,13H2,1-3H3,(H,24,26). The third kappa shape index (κ3) is 5.54. The fourth-order valence-corrected chi connectivity index (χ4v) is 3.96. The minimum absolute atomic E-state index is 0.0386. The lowest BCUT2D eigenvalue weighted by molar-refractivity contribution is -0.119. The Morgan fingerprint density at radius 1 is 1.09 bits per heavy atom. The highest BCUT2D eigenvalue weighted by Gasteiger charge is 2.21. The summed E-state index contributed by atoms with van der Waals surface area (Å²) in [4.78, 5) is 24.6. The maximum Gasteiger partial charge on any atom is 0.374 e. The number of carbonyl (C=O) groups excluding carboxylic acids is 2. The van der Waals surface area contributed by atoms with Gasteiger partial charge in [0.1, 0.15) is 11.5 Å². The molecule has 0 aliphatic heterocycles. The normalized spacial score (nSPS) is 11.3. The van der Waals surface area contributed by atoms with Crippen LogP contribution in [0.1, 0.15) is 10.6 Å². The van der Waals surface area contributed by atoms with E-state index in [2.05, 4.69) is 5.32 Å². The SMILES string of the molecule is COc1ccc(S(=O)(=O)N(C)C)cc1NC(=O)COC(=O)c1ccc(-c2ccccc2Cl)o1. The van der Waals surface area contributed by atoms with E-state index in [0.29, 0.717) is 16.3 Å². The number of anilines is 1. The number of halogens is 1. The number of benzene rings is 2. The lowest BCUT2D eigenvalue weighted by Gasteiger charge is -2.15. The molecule has 0 bridgehead atoms. The van der Waals surface area contributed by atoms with E-state index in [9.17, 15) is 18.0 Å². The zero-order valence-corrected chi connectivity index (χ0v) is 19.6. The van der Waals surface area contributed by atoms with Crippen LogP contribution in [-0.2, 0) is 19.6 Å². The van der Waals surface area contributed by atoms with Crippen molar-refractivity contribution in [2.45, 2.75) is 4.90 Å². The summed E-state index contributed by atoms with van der Waals surface area (Å²) in [7, 11) is 0.431. The molecule has 0 saturated heterocycles. The van der Waals surface area contributed by atoms with Crippen LogP contribution in [0.5, 0.6) is 5.75 Å². The number of carbonyl (C=O) groups is 2. The first-order valence-corrected chi connectivity index (χ1v) is 11.4. The van der Waals surface area contributed by atoms with E-state index in [0.717, 1.165) is 4.31 Å². The number of esters is 1. The third-order valence-electron chi connectivity index (χ3n) is 4.50. The first kappa shape index (κ1) is 24.3. The van der Waals surface area contributed by atoms with Crippen molar-refractivity contribution in [1.29, 1.82) is 0 Å². The van der Waals surface area contributed by atoms with Gasteiger partial charge in [-0.25, -0.2) is 17.5 Å². The molecule has 0 fully saturated rings. The molecule has 174 valence electrons. The fraction of sp³-hybridized carbons (Fsp3) is 0.182. The molecule has 0 radical (unpaired) electrons. The molecule has 0 aliphatic carbocycles. The molecule has 0 unspecified atom stereocenters. The van der Waals surface area contributed by atoms with Crippen LogP contribution >= 0.6 is 11.6 Å². The number of furan rings is 1. The quantitative estimate of drug-likeness (QED) is 0.477. The molecule has 1 amide bonds. The van der Waals surface area contributed by atoms with Crippen LogP contribution in [0.25, 0.3) is 11.3 Å². The Labute approximate surface area is 195 Å². The molecule has 1 N–H and O–H groups in total. The van der Waals surface area contributed by atoms with Gasteiger partial charge >= 0.3 is 5.97 Å². The average Bonchev–Trinajstić information content (AvgIpc) is 3.27. The van der Waals surface area contributed by atoms with Crippen molar-refractivity contribution < 1.29 is 31.9 Å². The monoisotopic (exact) mass is 492 g/mol. The number of ether oxygens (including phenoxy) is 2. The second-order valence-electron chi connectivity index (χ2n) is 6.92. The summed E-state index contributed by atoms with van der Waals surface area (Å²) in [5, 5.41) is 2.94. The van der Waals surface area contributed by atoms with Crippen LogP contribution in [0.15, 0.2) is 63.9 Å². The highest BCUT2D eigenvalue weighted by molar-refractivity contribution is 7.89. The summed E-state index contributed by atoms with van der Waals surface area (Å²) in [5.74, 6) is -1.03. The first-order valence-electron chi connectivity index (χ1n) is 9.55. The van der Waals surface area contributed by atoms with E-state index in [1.165, 1.54) is 45.5 Å². The smallest absolute Gasteiger partial charge is 0.374 e. The molecule has 0 aliphatic rings. The third-order valence-corrected chi connectivity index (χ3v) is 6.65. The predicted molar refractivity (Wildman–Crippen MR) is 122 cm³/mol. The van der Waals surface area contributed by atoms with E-state index in [1.807, 2.05) is 0 Å². The van der Waals surface area contributed by atoms with Gasteiger partial charge in [0.05, 0.1) is 22.7 Å². The largest absolute Gasteiger partial charge is 0.495 e. The summed E-state index contributed by atoms with van der Waals surface area (Å²) < 4.78 is 41.4. The van der Waals surface area contributed by atoms with Gasteiger partial charge in [-0.05, 0) is 42.5 Å². The Morgan fingerprint density at radius 2 is 1.82 bits per heavy atom. The van der Waals surface area contributed by atoms with Crippen molar-refractivity contribution >= 4 is 39.2 Å². The van der Waals surface area contributed by atoms with Gasteiger partial charge in [-0.15, -0.1) is 0 Å². The van der Waals surface area contributed by atoms with E-state index in [-0.39, 0.29) is 22.1 Å². The van der Waals surface area contributed by atoms with Gasteiger partial charge in [0, 0.05) is 19.7 Å². The molecule has 1 heterocycles. The van der Waals surface area contributed by atoms with Gasteiger partial charge in [-0.1, -0.05) is 23.7 Å². The minimum Gasteiger partial charge on any atom is -0.495 e. The minimum atomic E-state index is -3.73. The molecular weight excluding hydrogens is 472 g/mol. The predicted octanol–water partition coefficient (Wildman–Crippen LogP) is 3.65. The zero-order chi connectivity index (χ0) is 24.2. The van der Waals surface area contributed by atoms with Crippen molar-refractivity contribution in [2.24, 2.45) is 0 Å². The number of amides is 1. The van der Waals surface area contributed by atoms with Gasteiger partial charge in [0.15, 0.2) is 6.61 Å². The van der Waals surface area contributed by atoms with Gasteiger partial charge in [-0.2, -0.15) is 0 Å². The Morgan fingerprint density at radius 3 is 2.48 bits per heavy atom. The molecule has 3 rings (SSSR count). The lowest BCUT2D eigenvalue weighted by atomic mass is 10.2. The van der Waals surface area contributed by atoms with E-state index in [4.69, 9.17) is 25.5 Å². The van der Waals surface area contributed by atoms with Crippen LogP contribution < -0.4 is 10.1 Å². The summed E-state index contributed by atoms with van der Waals surface area (Å²) >= 11 is 6.13. The average molecular weight is 493 g/mol. The van der Waals surface area contributed by atoms with E-state index < -0.39 is 28.5 Å². The second kappa shape index (κ2) is 10.1. The van der Waals surface area contributed by atoms with Gasteiger partial charge in [0.2, 0.25) is 15.8 Å². The van der Waals surface area contributed by atoms with Crippen LogP contribution in [-0.4, -0.2) is 52.4 Å². The Kier molecular flexibility index (Phi) is 7.42. The van der Waals surface area contributed by atoms with Crippen molar-refractivity contribution in [3.05, 3.63) is 65.4 Å². The van der Waals surface area contributed by atoms with Gasteiger partial charge < -0.3 is 19.2 Å². The molecule has 33 heavy (non-hydrogen) atoms. The van der Waals surface area contributed by atoms with Gasteiger partial charge in [-0.3, -0.25) is 4.79 Å². The number of nitrogens with one attached hydrogen (secondary N) is 1. The van der Waals surface area contributed by atoms with Crippen molar-refractivity contribution in [3.63, 3.8) is 0 Å². The topological polar surface area (TPSA) is 115 Å². The number of hydrogen-bond donors (Lipinski definition) is 1. The molecule has 11 heteroatoms. The fourth-order valence-electron chi connectivity index (χ4n) is 2.80. The summed E-state index contributed by atoms with van der Waals surface area (Å²) in [6, 6.07) is 14.0. The van der Waals surface area contributed by atoms with Gasteiger partial charge in [0.25, 0.3) is 5.91 Å². The van der Waals surface area contributed by atoms with Crippen LogP contribution in [0, 0.1) is 0 Å². The summed E-state index contributed by atoms with van der Waals surface area (Å²) in [6.45, 7) is -0.630. The zero-order valence-electron chi connectivity index (χ0n) is 18.0. The summed E-state index contributed by atoms with van der Waals surface area (Å²) in [6.07, 6.45) is 0. The highest BCUT2D eigenvalue weighted by Crippen LogP contribution is 2.30. The van der Waals surface area contributed by atoms with Crippen LogP contribution in [0.3, 0.4) is 0 Å². The molecule has 2 aromatic carbocycles. The number of hydrogen-bond acceptors (Lipinski definition) is 7. The highest BCUT2D eigenvalue weighted by atomic mass is 35.5. The number of sulfonamides is 1. The lowest BCUT2D eigenvalue weighted by Crippen LogP contribution is -2.23. The molecule has 1 aromatic heterocycles.